The van der Waals surface area contributed by atoms with E-state index in [4.69, 9.17) is 11.6 Å². The van der Waals surface area contributed by atoms with Crippen molar-refractivity contribution in [3.05, 3.63) is 34.9 Å². The van der Waals surface area contributed by atoms with Crippen molar-refractivity contribution in [3.8, 4) is 0 Å². The summed E-state index contributed by atoms with van der Waals surface area (Å²) < 4.78 is 0. The van der Waals surface area contributed by atoms with Crippen molar-refractivity contribution in [1.29, 1.82) is 0 Å². The van der Waals surface area contributed by atoms with Gasteiger partial charge in [-0.25, -0.2) is 5.43 Å². The van der Waals surface area contributed by atoms with Gasteiger partial charge in [0.25, 0.3) is 5.91 Å². The normalized spacial score (nSPS) is 17.1. The van der Waals surface area contributed by atoms with Gasteiger partial charge in [0.2, 0.25) is 0 Å². The summed E-state index contributed by atoms with van der Waals surface area (Å²) in [6, 6.07) is 7.34. The lowest BCUT2D eigenvalue weighted by Gasteiger charge is -2.17. The van der Waals surface area contributed by atoms with Crippen LogP contribution in [0.2, 0.25) is 5.02 Å². The number of carbonyl (C=O) groups excluding carboxylic acids is 1. The Hall–Kier alpha value is -1.39. The summed E-state index contributed by atoms with van der Waals surface area (Å²) in [4.78, 5) is 14.0. The largest absolute Gasteiger partial charge is 0.294 e. The Kier molecular flexibility index (Phi) is 6.02. The second-order valence-corrected chi connectivity index (χ2v) is 5.47. The second-order valence-electron chi connectivity index (χ2n) is 5.04. The topological polar surface area (TPSA) is 44.7 Å². The van der Waals surface area contributed by atoms with Gasteiger partial charge in [0, 0.05) is 5.02 Å². The molecule has 1 amide bonds. The van der Waals surface area contributed by atoms with Crippen LogP contribution in [0.1, 0.15) is 31.2 Å². The van der Waals surface area contributed by atoms with Crippen LogP contribution in [0.15, 0.2) is 29.4 Å². The van der Waals surface area contributed by atoms with Crippen molar-refractivity contribution >= 4 is 23.7 Å². The molecular weight excluding hydrogens is 274 g/mol. The standard InChI is InChI=1S/C15H20ClN3O/c16-14-7-5-6-13(10-14)11-17-18-15(20)12-19-8-3-1-2-4-9-19/h5-7,10-11H,1-4,8-9,12H2,(H,18,20)/b17-11+. The minimum absolute atomic E-state index is 0.0646. The molecule has 0 bridgehead atoms. The van der Waals surface area contributed by atoms with Gasteiger partial charge in [-0.2, -0.15) is 5.10 Å². The Morgan fingerprint density at radius 3 is 2.75 bits per heavy atom. The first-order valence-corrected chi connectivity index (χ1v) is 7.42. The molecule has 0 atom stereocenters. The molecule has 108 valence electrons. The number of likely N-dealkylation sites (tertiary alicyclic amines) is 1. The fourth-order valence-corrected chi connectivity index (χ4v) is 2.50. The SMILES string of the molecule is O=C(CN1CCCCCC1)N/N=C/c1cccc(Cl)c1. The van der Waals surface area contributed by atoms with Crippen LogP contribution in [0.25, 0.3) is 0 Å². The van der Waals surface area contributed by atoms with Gasteiger partial charge in [0.1, 0.15) is 0 Å². The molecule has 1 heterocycles. The Morgan fingerprint density at radius 1 is 1.30 bits per heavy atom. The molecule has 0 radical (unpaired) electrons. The summed E-state index contributed by atoms with van der Waals surface area (Å²) in [5.41, 5.74) is 3.43. The summed E-state index contributed by atoms with van der Waals surface area (Å²) in [6.45, 7) is 2.43. The number of benzene rings is 1. The van der Waals surface area contributed by atoms with Crippen LogP contribution in [0, 0.1) is 0 Å². The van der Waals surface area contributed by atoms with E-state index in [9.17, 15) is 4.79 Å². The number of carbonyl (C=O) groups is 1. The van der Waals surface area contributed by atoms with Crippen molar-refractivity contribution < 1.29 is 4.79 Å². The van der Waals surface area contributed by atoms with Gasteiger partial charge in [-0.1, -0.05) is 36.6 Å². The van der Waals surface area contributed by atoms with E-state index in [1.165, 1.54) is 25.7 Å². The molecule has 1 aromatic carbocycles. The third-order valence-electron chi connectivity index (χ3n) is 3.32. The summed E-state index contributed by atoms with van der Waals surface area (Å²) in [5.74, 6) is -0.0646. The molecule has 1 N–H and O–H groups in total. The van der Waals surface area contributed by atoms with Crippen molar-refractivity contribution in [1.82, 2.24) is 10.3 Å². The van der Waals surface area contributed by atoms with Gasteiger partial charge < -0.3 is 0 Å². The predicted octanol–water partition coefficient (Wildman–Crippen LogP) is 2.67. The predicted molar refractivity (Wildman–Crippen MR) is 82.1 cm³/mol. The van der Waals surface area contributed by atoms with E-state index in [-0.39, 0.29) is 5.91 Å². The number of hydrazone groups is 1. The quantitative estimate of drug-likeness (QED) is 0.685. The van der Waals surface area contributed by atoms with Gasteiger partial charge in [0.05, 0.1) is 12.8 Å². The van der Waals surface area contributed by atoms with E-state index in [0.29, 0.717) is 11.6 Å². The van der Waals surface area contributed by atoms with Crippen molar-refractivity contribution in [2.75, 3.05) is 19.6 Å². The number of nitrogens with zero attached hydrogens (tertiary/aromatic N) is 2. The lowest BCUT2D eigenvalue weighted by atomic mass is 10.2. The Labute approximate surface area is 124 Å². The molecule has 1 aromatic rings. The lowest BCUT2D eigenvalue weighted by Crippen LogP contribution is -2.35. The highest BCUT2D eigenvalue weighted by molar-refractivity contribution is 6.30. The molecule has 2 rings (SSSR count). The Bertz CT molecular complexity index is 468. The monoisotopic (exact) mass is 293 g/mol. The first-order chi connectivity index (χ1) is 9.74. The maximum absolute atomic E-state index is 11.8. The zero-order valence-electron chi connectivity index (χ0n) is 11.5. The third kappa shape index (κ3) is 5.31. The van der Waals surface area contributed by atoms with Gasteiger partial charge in [-0.15, -0.1) is 0 Å². The molecule has 1 saturated heterocycles. The fourth-order valence-electron chi connectivity index (χ4n) is 2.30. The van der Waals surface area contributed by atoms with Gasteiger partial charge in [-0.05, 0) is 43.6 Å². The maximum atomic E-state index is 11.8. The Balaban J connectivity index is 1.76. The van der Waals surface area contributed by atoms with E-state index >= 15 is 0 Å². The van der Waals surface area contributed by atoms with Crippen LogP contribution in [0.4, 0.5) is 0 Å². The highest BCUT2D eigenvalue weighted by Gasteiger charge is 2.12. The Morgan fingerprint density at radius 2 is 2.05 bits per heavy atom. The van der Waals surface area contributed by atoms with E-state index in [2.05, 4.69) is 15.4 Å². The van der Waals surface area contributed by atoms with Crippen LogP contribution in [-0.4, -0.2) is 36.7 Å². The molecule has 0 aromatic heterocycles. The number of halogens is 1. The molecule has 1 aliphatic rings. The first-order valence-electron chi connectivity index (χ1n) is 7.04. The molecule has 5 heteroatoms. The molecule has 0 saturated carbocycles. The van der Waals surface area contributed by atoms with Gasteiger partial charge in [-0.3, -0.25) is 9.69 Å². The van der Waals surface area contributed by atoms with E-state index in [1.54, 1.807) is 18.3 Å². The average Bonchev–Trinajstić information content (AvgIpc) is 2.67. The van der Waals surface area contributed by atoms with Crippen LogP contribution < -0.4 is 5.43 Å². The highest BCUT2D eigenvalue weighted by Crippen LogP contribution is 2.09. The zero-order valence-corrected chi connectivity index (χ0v) is 12.3. The van der Waals surface area contributed by atoms with Gasteiger partial charge >= 0.3 is 0 Å². The molecule has 0 aliphatic carbocycles. The number of amides is 1. The number of hydrogen-bond donors (Lipinski definition) is 1. The smallest absolute Gasteiger partial charge is 0.254 e. The first kappa shape index (κ1) is 15.0. The molecule has 1 aliphatic heterocycles. The van der Waals surface area contributed by atoms with Crippen molar-refractivity contribution in [3.63, 3.8) is 0 Å². The molecular formula is C15H20ClN3O. The minimum atomic E-state index is -0.0646. The second kappa shape index (κ2) is 8.02. The van der Waals surface area contributed by atoms with Crippen LogP contribution in [-0.2, 0) is 4.79 Å². The van der Waals surface area contributed by atoms with Crippen molar-refractivity contribution in [2.24, 2.45) is 5.10 Å². The van der Waals surface area contributed by atoms with Crippen LogP contribution in [0.5, 0.6) is 0 Å². The molecule has 4 nitrogen and oxygen atoms in total. The maximum Gasteiger partial charge on any atom is 0.254 e. The lowest BCUT2D eigenvalue weighted by molar-refractivity contribution is -0.122. The summed E-state index contributed by atoms with van der Waals surface area (Å²) >= 11 is 5.87. The van der Waals surface area contributed by atoms with Crippen LogP contribution >= 0.6 is 11.6 Å². The van der Waals surface area contributed by atoms with E-state index in [0.717, 1.165) is 18.7 Å². The summed E-state index contributed by atoms with van der Waals surface area (Å²) in [7, 11) is 0. The third-order valence-corrected chi connectivity index (χ3v) is 3.55. The van der Waals surface area contributed by atoms with E-state index < -0.39 is 0 Å². The number of hydrogen-bond acceptors (Lipinski definition) is 3. The molecule has 0 spiro atoms. The minimum Gasteiger partial charge on any atom is -0.294 e. The number of nitrogens with one attached hydrogen (secondary N) is 1. The summed E-state index contributed by atoms with van der Waals surface area (Å²) in [5, 5.41) is 4.62. The molecule has 20 heavy (non-hydrogen) atoms. The fraction of sp³-hybridized carbons (Fsp3) is 0.467. The average molecular weight is 294 g/mol. The highest BCUT2D eigenvalue weighted by atomic mass is 35.5. The molecule has 0 unspecified atom stereocenters. The summed E-state index contributed by atoms with van der Waals surface area (Å²) in [6.07, 6.45) is 6.50. The van der Waals surface area contributed by atoms with Crippen LogP contribution in [0.3, 0.4) is 0 Å². The molecule has 1 fully saturated rings. The van der Waals surface area contributed by atoms with Crippen molar-refractivity contribution in [2.45, 2.75) is 25.7 Å². The van der Waals surface area contributed by atoms with E-state index in [1.807, 2.05) is 12.1 Å². The van der Waals surface area contributed by atoms with Gasteiger partial charge in [0.15, 0.2) is 0 Å². The zero-order chi connectivity index (χ0) is 14.2. The number of rotatable bonds is 4.